The molecule has 1 aromatic carbocycles. The van der Waals surface area contributed by atoms with Gasteiger partial charge in [-0.2, -0.15) is 0 Å². The summed E-state index contributed by atoms with van der Waals surface area (Å²) in [6.07, 6.45) is 1.05. The lowest BCUT2D eigenvalue weighted by molar-refractivity contribution is 0.308. The second kappa shape index (κ2) is 8.21. The fourth-order valence-corrected chi connectivity index (χ4v) is 2.11. The van der Waals surface area contributed by atoms with Crippen LogP contribution in [0.2, 0.25) is 0 Å². The van der Waals surface area contributed by atoms with E-state index in [0.717, 1.165) is 25.3 Å². The first-order chi connectivity index (χ1) is 9.06. The van der Waals surface area contributed by atoms with Gasteiger partial charge >= 0.3 is 0 Å². The molecule has 0 heterocycles. The SMILES string of the molecule is CCCOc1ccccc1C(C)C(C)CNC(C)C. The molecule has 2 unspecified atom stereocenters. The summed E-state index contributed by atoms with van der Waals surface area (Å²) in [7, 11) is 0. The number of hydrogen-bond donors (Lipinski definition) is 1. The molecule has 0 aliphatic carbocycles. The van der Waals surface area contributed by atoms with Crippen LogP contribution < -0.4 is 10.1 Å². The molecule has 108 valence electrons. The lowest BCUT2D eigenvalue weighted by Crippen LogP contribution is -2.30. The van der Waals surface area contributed by atoms with Crippen molar-refractivity contribution in [3.63, 3.8) is 0 Å². The van der Waals surface area contributed by atoms with Gasteiger partial charge in [0.25, 0.3) is 0 Å². The fourth-order valence-electron chi connectivity index (χ4n) is 2.11. The highest BCUT2D eigenvalue weighted by molar-refractivity contribution is 5.36. The Kier molecular flexibility index (Phi) is 6.93. The van der Waals surface area contributed by atoms with Gasteiger partial charge in [-0.25, -0.2) is 0 Å². The second-order valence-electron chi connectivity index (χ2n) is 5.72. The summed E-state index contributed by atoms with van der Waals surface area (Å²) < 4.78 is 5.86. The molecular formula is C17H29NO. The molecule has 2 atom stereocenters. The molecule has 0 saturated carbocycles. The van der Waals surface area contributed by atoms with Gasteiger partial charge in [0.1, 0.15) is 5.75 Å². The van der Waals surface area contributed by atoms with Crippen LogP contribution in [0.3, 0.4) is 0 Å². The maximum Gasteiger partial charge on any atom is 0.122 e. The molecule has 1 rings (SSSR count). The Morgan fingerprint density at radius 3 is 2.42 bits per heavy atom. The van der Waals surface area contributed by atoms with E-state index in [-0.39, 0.29) is 0 Å². The number of nitrogens with one attached hydrogen (secondary N) is 1. The molecule has 19 heavy (non-hydrogen) atoms. The fraction of sp³-hybridized carbons (Fsp3) is 0.647. The van der Waals surface area contributed by atoms with E-state index >= 15 is 0 Å². The lowest BCUT2D eigenvalue weighted by Gasteiger charge is -2.24. The smallest absolute Gasteiger partial charge is 0.122 e. The molecule has 2 nitrogen and oxygen atoms in total. The number of hydrogen-bond acceptors (Lipinski definition) is 2. The largest absolute Gasteiger partial charge is 0.493 e. The highest BCUT2D eigenvalue weighted by Crippen LogP contribution is 2.31. The summed E-state index contributed by atoms with van der Waals surface area (Å²) in [6.45, 7) is 13.0. The molecule has 1 aromatic rings. The van der Waals surface area contributed by atoms with Crippen molar-refractivity contribution in [3.8, 4) is 5.75 Å². The van der Waals surface area contributed by atoms with Crippen LogP contribution in [0.25, 0.3) is 0 Å². The van der Waals surface area contributed by atoms with Crippen molar-refractivity contribution >= 4 is 0 Å². The molecule has 0 bridgehead atoms. The topological polar surface area (TPSA) is 21.3 Å². The van der Waals surface area contributed by atoms with Crippen LogP contribution >= 0.6 is 0 Å². The van der Waals surface area contributed by atoms with Gasteiger partial charge in [0.05, 0.1) is 6.61 Å². The van der Waals surface area contributed by atoms with E-state index in [4.69, 9.17) is 4.74 Å². The minimum Gasteiger partial charge on any atom is -0.493 e. The molecule has 1 N–H and O–H groups in total. The monoisotopic (exact) mass is 263 g/mol. The number of ether oxygens (including phenoxy) is 1. The van der Waals surface area contributed by atoms with Crippen LogP contribution in [0.1, 0.15) is 52.5 Å². The maximum atomic E-state index is 5.86. The summed E-state index contributed by atoms with van der Waals surface area (Å²) in [5, 5.41) is 3.52. The Bertz CT molecular complexity index is 362. The Hall–Kier alpha value is -1.02. The number of para-hydroxylation sites is 1. The molecule has 0 spiro atoms. The third-order valence-electron chi connectivity index (χ3n) is 3.57. The van der Waals surface area contributed by atoms with Gasteiger partial charge in [0.2, 0.25) is 0 Å². The number of rotatable bonds is 8. The third-order valence-corrected chi connectivity index (χ3v) is 3.57. The van der Waals surface area contributed by atoms with Gasteiger partial charge in [-0.1, -0.05) is 52.8 Å². The predicted molar refractivity (Wildman–Crippen MR) is 82.9 cm³/mol. The van der Waals surface area contributed by atoms with Gasteiger partial charge in [0.15, 0.2) is 0 Å². The van der Waals surface area contributed by atoms with Gasteiger partial charge in [0, 0.05) is 6.04 Å². The zero-order valence-corrected chi connectivity index (χ0v) is 13.1. The van der Waals surface area contributed by atoms with Crippen LogP contribution in [0, 0.1) is 5.92 Å². The Labute approximate surface area is 118 Å². The van der Waals surface area contributed by atoms with Crippen LogP contribution in [-0.4, -0.2) is 19.2 Å². The minimum absolute atomic E-state index is 0.499. The lowest BCUT2D eigenvalue weighted by atomic mass is 9.88. The summed E-state index contributed by atoms with van der Waals surface area (Å²) in [5.74, 6) is 2.14. The van der Waals surface area contributed by atoms with E-state index < -0.39 is 0 Å². The molecular weight excluding hydrogens is 234 g/mol. The third kappa shape index (κ3) is 5.23. The molecule has 0 aromatic heterocycles. The van der Waals surface area contributed by atoms with Crippen molar-refractivity contribution in [2.24, 2.45) is 5.92 Å². The van der Waals surface area contributed by atoms with Crippen molar-refractivity contribution in [2.75, 3.05) is 13.2 Å². The molecule has 0 aliphatic rings. The normalized spacial score (nSPS) is 14.4. The predicted octanol–water partition coefficient (Wildman–Crippen LogP) is 4.21. The maximum absolute atomic E-state index is 5.86. The van der Waals surface area contributed by atoms with E-state index in [9.17, 15) is 0 Å². The average Bonchev–Trinajstić information content (AvgIpc) is 2.42. The van der Waals surface area contributed by atoms with Crippen molar-refractivity contribution in [1.29, 1.82) is 0 Å². The molecule has 0 aliphatic heterocycles. The molecule has 0 amide bonds. The van der Waals surface area contributed by atoms with Crippen molar-refractivity contribution in [2.45, 2.75) is 53.0 Å². The van der Waals surface area contributed by atoms with Crippen molar-refractivity contribution < 1.29 is 4.74 Å². The standard InChI is InChI=1S/C17H29NO/c1-6-11-19-17-10-8-7-9-16(17)15(5)14(4)12-18-13(2)3/h7-10,13-15,18H,6,11-12H2,1-5H3. The van der Waals surface area contributed by atoms with Crippen molar-refractivity contribution in [1.82, 2.24) is 5.32 Å². The van der Waals surface area contributed by atoms with Gasteiger partial charge in [-0.05, 0) is 36.4 Å². The molecule has 2 heteroatoms. The number of benzene rings is 1. The minimum atomic E-state index is 0.499. The van der Waals surface area contributed by atoms with Gasteiger partial charge in [-0.15, -0.1) is 0 Å². The van der Waals surface area contributed by atoms with Gasteiger partial charge < -0.3 is 10.1 Å². The van der Waals surface area contributed by atoms with E-state index in [1.165, 1.54) is 5.56 Å². The van der Waals surface area contributed by atoms with Crippen LogP contribution in [0.4, 0.5) is 0 Å². The van der Waals surface area contributed by atoms with E-state index in [2.05, 4.69) is 64.2 Å². The zero-order valence-electron chi connectivity index (χ0n) is 13.1. The summed E-state index contributed by atoms with van der Waals surface area (Å²) in [4.78, 5) is 0. The summed E-state index contributed by atoms with van der Waals surface area (Å²) in [5.41, 5.74) is 1.33. The summed E-state index contributed by atoms with van der Waals surface area (Å²) >= 11 is 0. The van der Waals surface area contributed by atoms with Crippen LogP contribution in [0.5, 0.6) is 5.75 Å². The highest BCUT2D eigenvalue weighted by Gasteiger charge is 2.18. The summed E-state index contributed by atoms with van der Waals surface area (Å²) in [6, 6.07) is 8.98. The second-order valence-corrected chi connectivity index (χ2v) is 5.72. The first-order valence-corrected chi connectivity index (χ1v) is 7.51. The Morgan fingerprint density at radius 2 is 1.79 bits per heavy atom. The van der Waals surface area contributed by atoms with Crippen LogP contribution in [-0.2, 0) is 0 Å². The first kappa shape index (κ1) is 16.0. The van der Waals surface area contributed by atoms with Crippen molar-refractivity contribution in [3.05, 3.63) is 29.8 Å². The molecule has 0 fully saturated rings. The quantitative estimate of drug-likeness (QED) is 0.758. The average molecular weight is 263 g/mol. The molecule has 0 saturated heterocycles. The first-order valence-electron chi connectivity index (χ1n) is 7.51. The van der Waals surface area contributed by atoms with E-state index in [0.29, 0.717) is 17.9 Å². The highest BCUT2D eigenvalue weighted by atomic mass is 16.5. The van der Waals surface area contributed by atoms with Crippen LogP contribution in [0.15, 0.2) is 24.3 Å². The zero-order chi connectivity index (χ0) is 14.3. The van der Waals surface area contributed by atoms with E-state index in [1.54, 1.807) is 0 Å². The Balaban J connectivity index is 2.71. The van der Waals surface area contributed by atoms with Gasteiger partial charge in [-0.3, -0.25) is 0 Å². The Morgan fingerprint density at radius 1 is 1.11 bits per heavy atom. The van der Waals surface area contributed by atoms with E-state index in [1.807, 2.05) is 0 Å². The molecule has 0 radical (unpaired) electrons.